The van der Waals surface area contributed by atoms with Gasteiger partial charge in [-0.25, -0.2) is 4.79 Å². The summed E-state index contributed by atoms with van der Waals surface area (Å²) in [5.74, 6) is -0.186. The first-order valence-corrected chi connectivity index (χ1v) is 14.3. The summed E-state index contributed by atoms with van der Waals surface area (Å²) in [6.07, 6.45) is 2.49. The molecule has 1 aliphatic rings. The van der Waals surface area contributed by atoms with E-state index in [0.29, 0.717) is 13.0 Å². The molecule has 4 aromatic carbocycles. The van der Waals surface area contributed by atoms with E-state index in [1.54, 1.807) is 0 Å². The fourth-order valence-electron chi connectivity index (χ4n) is 5.86. The minimum absolute atomic E-state index is 0.154. The smallest absolute Gasteiger partial charge is 0.333 e. The lowest BCUT2D eigenvalue weighted by molar-refractivity contribution is -0.148. The molecule has 2 atom stereocenters. The Hall–Kier alpha value is -3.93. The number of aryl methyl sites for hydroxylation is 3. The summed E-state index contributed by atoms with van der Waals surface area (Å²) < 4.78 is 11.2. The maximum absolute atomic E-state index is 11.3. The fourth-order valence-corrected chi connectivity index (χ4v) is 5.86. The van der Waals surface area contributed by atoms with Crippen LogP contribution in [0.5, 0.6) is 5.75 Å². The first kappa shape index (κ1) is 28.6. The highest BCUT2D eigenvalue weighted by atomic mass is 16.5. The summed E-state index contributed by atoms with van der Waals surface area (Å²) in [5.41, 5.74) is 10.5. The summed E-state index contributed by atoms with van der Waals surface area (Å²) in [4.78, 5) is 13.7. The normalized spacial score (nSPS) is 15.1. The summed E-state index contributed by atoms with van der Waals surface area (Å²) in [5, 5.41) is 9.24. The van der Waals surface area contributed by atoms with Crippen molar-refractivity contribution < 1.29 is 19.4 Å². The zero-order valence-electron chi connectivity index (χ0n) is 24.2. The summed E-state index contributed by atoms with van der Waals surface area (Å²) >= 11 is 0. The van der Waals surface area contributed by atoms with Crippen molar-refractivity contribution in [3.8, 4) is 5.75 Å². The van der Waals surface area contributed by atoms with Crippen LogP contribution in [-0.4, -0.2) is 49.4 Å². The lowest BCUT2D eigenvalue weighted by Crippen LogP contribution is -2.30. The molecule has 0 amide bonds. The first-order valence-electron chi connectivity index (χ1n) is 14.3. The van der Waals surface area contributed by atoms with E-state index in [1.807, 2.05) is 24.3 Å². The molecular weight excluding hydrogens is 510 g/mol. The Morgan fingerprint density at radius 3 is 2.22 bits per heavy atom. The van der Waals surface area contributed by atoms with Crippen molar-refractivity contribution in [2.45, 2.75) is 44.8 Å². The predicted octanol–water partition coefficient (Wildman–Crippen LogP) is 6.43. The number of aliphatic carboxylic acids is 1. The van der Waals surface area contributed by atoms with E-state index in [2.05, 4.69) is 85.6 Å². The largest absolute Gasteiger partial charge is 0.492 e. The summed E-state index contributed by atoms with van der Waals surface area (Å²) in [7, 11) is 3.60. The van der Waals surface area contributed by atoms with Gasteiger partial charge in [-0.2, -0.15) is 0 Å². The van der Waals surface area contributed by atoms with Crippen LogP contribution in [0.3, 0.4) is 0 Å². The molecule has 5 heteroatoms. The maximum Gasteiger partial charge on any atom is 0.333 e. The molecule has 212 valence electrons. The molecule has 5 nitrogen and oxygen atoms in total. The number of carboxylic acid groups (broad SMARTS) is 1. The monoisotopic (exact) mass is 549 g/mol. The highest BCUT2D eigenvalue weighted by Gasteiger charge is 2.27. The third kappa shape index (κ3) is 7.05. The molecule has 0 aromatic heterocycles. The molecule has 1 N–H and O–H groups in total. The van der Waals surface area contributed by atoms with Gasteiger partial charge in [-0.3, -0.25) is 4.90 Å². The molecule has 0 heterocycles. The molecule has 0 spiro atoms. The lowest BCUT2D eigenvalue weighted by Gasteiger charge is -2.30. The van der Waals surface area contributed by atoms with Gasteiger partial charge in [0.1, 0.15) is 12.4 Å². The van der Waals surface area contributed by atoms with Crippen molar-refractivity contribution >= 4 is 5.97 Å². The van der Waals surface area contributed by atoms with Crippen molar-refractivity contribution in [3.05, 3.63) is 136 Å². The van der Waals surface area contributed by atoms with Gasteiger partial charge in [0.15, 0.2) is 6.10 Å². The standard InChI is InChI=1S/C36H39NO4/c1-25-9-17-32-29(21-25)13-14-30-23-28(22-26-7-5-4-6-8-26)12-18-33(30)35(32)37(2)19-20-41-31-15-10-27(11-16-31)24-34(40-3)36(38)39/h4-12,15-18,21,23,34-35H,13-14,19-20,22,24H2,1-3H3,(H,38,39). The molecule has 4 aromatic rings. The third-order valence-electron chi connectivity index (χ3n) is 8.07. The Balaban J connectivity index is 1.31. The molecule has 0 fully saturated rings. The number of carbonyl (C=O) groups is 1. The molecular formula is C36H39NO4. The summed E-state index contributed by atoms with van der Waals surface area (Å²) in [6, 6.07) is 32.4. The average Bonchev–Trinajstić information content (AvgIpc) is 3.13. The molecule has 1 aliphatic carbocycles. The topological polar surface area (TPSA) is 59.0 Å². The number of hydrogen-bond acceptors (Lipinski definition) is 4. The Kier molecular flexibility index (Phi) is 9.17. The van der Waals surface area contributed by atoms with E-state index < -0.39 is 12.1 Å². The third-order valence-corrected chi connectivity index (χ3v) is 8.07. The van der Waals surface area contributed by atoms with Crippen molar-refractivity contribution in [1.82, 2.24) is 4.90 Å². The van der Waals surface area contributed by atoms with E-state index >= 15 is 0 Å². The second kappa shape index (κ2) is 13.2. The number of carboxylic acids is 1. The SMILES string of the molecule is COC(Cc1ccc(OCCN(C)C2c3ccc(C)cc3CCc3cc(Cc4ccccc4)ccc32)cc1)C(=O)O. The zero-order chi connectivity index (χ0) is 28.8. The van der Waals surface area contributed by atoms with Gasteiger partial charge in [-0.1, -0.05) is 84.4 Å². The van der Waals surface area contributed by atoms with Gasteiger partial charge in [-0.05, 0) is 84.3 Å². The lowest BCUT2D eigenvalue weighted by atomic mass is 9.91. The van der Waals surface area contributed by atoms with Crippen LogP contribution in [0.1, 0.15) is 50.5 Å². The number of rotatable bonds is 11. The van der Waals surface area contributed by atoms with Crippen LogP contribution in [0.2, 0.25) is 0 Å². The molecule has 2 unspecified atom stereocenters. The molecule has 0 saturated carbocycles. The maximum atomic E-state index is 11.3. The number of benzene rings is 4. The van der Waals surface area contributed by atoms with Crippen LogP contribution in [-0.2, 0) is 35.2 Å². The van der Waals surface area contributed by atoms with Gasteiger partial charge < -0.3 is 14.6 Å². The van der Waals surface area contributed by atoms with Crippen molar-refractivity contribution in [2.75, 3.05) is 27.3 Å². The second-order valence-electron chi connectivity index (χ2n) is 11.0. The number of ether oxygens (including phenoxy) is 2. The number of nitrogens with zero attached hydrogens (tertiary/aromatic N) is 1. The van der Waals surface area contributed by atoms with Crippen LogP contribution < -0.4 is 4.74 Å². The van der Waals surface area contributed by atoms with Gasteiger partial charge in [0.05, 0.1) is 6.04 Å². The summed E-state index contributed by atoms with van der Waals surface area (Å²) in [6.45, 7) is 3.48. The van der Waals surface area contributed by atoms with E-state index in [9.17, 15) is 9.90 Å². The van der Waals surface area contributed by atoms with Gasteiger partial charge in [0.25, 0.3) is 0 Å². The van der Waals surface area contributed by atoms with Crippen LogP contribution in [0.15, 0.2) is 91.0 Å². The van der Waals surface area contributed by atoms with Crippen LogP contribution in [0.25, 0.3) is 0 Å². The first-order chi connectivity index (χ1) is 19.9. The van der Waals surface area contributed by atoms with Gasteiger partial charge >= 0.3 is 5.97 Å². The molecule has 0 saturated heterocycles. The number of fused-ring (bicyclic) bond motifs is 2. The molecule has 0 bridgehead atoms. The van der Waals surface area contributed by atoms with E-state index in [1.165, 1.54) is 46.1 Å². The quantitative estimate of drug-likeness (QED) is 0.234. The highest BCUT2D eigenvalue weighted by molar-refractivity contribution is 5.72. The Morgan fingerprint density at radius 1 is 0.878 bits per heavy atom. The van der Waals surface area contributed by atoms with E-state index in [4.69, 9.17) is 9.47 Å². The highest BCUT2D eigenvalue weighted by Crippen LogP contribution is 2.37. The Morgan fingerprint density at radius 2 is 1.54 bits per heavy atom. The minimum Gasteiger partial charge on any atom is -0.492 e. The number of methoxy groups -OCH3 is 1. The average molecular weight is 550 g/mol. The second-order valence-corrected chi connectivity index (χ2v) is 11.0. The van der Waals surface area contributed by atoms with Crippen molar-refractivity contribution in [2.24, 2.45) is 0 Å². The van der Waals surface area contributed by atoms with E-state index in [-0.39, 0.29) is 6.04 Å². The van der Waals surface area contributed by atoms with Gasteiger partial charge in [0.2, 0.25) is 0 Å². The van der Waals surface area contributed by atoms with Crippen LogP contribution >= 0.6 is 0 Å². The zero-order valence-corrected chi connectivity index (χ0v) is 24.2. The molecule has 5 rings (SSSR count). The van der Waals surface area contributed by atoms with Gasteiger partial charge in [0, 0.05) is 20.1 Å². The van der Waals surface area contributed by atoms with Crippen LogP contribution in [0.4, 0.5) is 0 Å². The number of hydrogen-bond donors (Lipinski definition) is 1. The minimum atomic E-state index is -0.958. The molecule has 0 aliphatic heterocycles. The predicted molar refractivity (Wildman–Crippen MR) is 163 cm³/mol. The fraction of sp³-hybridized carbons (Fsp3) is 0.306. The number of likely N-dealkylation sites (N-methyl/N-ethyl adjacent to an activating group) is 1. The van der Waals surface area contributed by atoms with Gasteiger partial charge in [-0.15, -0.1) is 0 Å². The van der Waals surface area contributed by atoms with E-state index in [0.717, 1.165) is 37.1 Å². The Labute approximate surface area is 243 Å². The Bertz CT molecular complexity index is 1470. The molecule has 41 heavy (non-hydrogen) atoms. The van der Waals surface area contributed by atoms with Crippen molar-refractivity contribution in [1.29, 1.82) is 0 Å². The molecule has 0 radical (unpaired) electrons. The van der Waals surface area contributed by atoms with Crippen molar-refractivity contribution in [3.63, 3.8) is 0 Å². The van der Waals surface area contributed by atoms with Crippen LogP contribution in [0, 0.1) is 6.92 Å².